The lowest BCUT2D eigenvalue weighted by Crippen LogP contribution is -2.36. The molecule has 0 atom stereocenters. The summed E-state index contributed by atoms with van der Waals surface area (Å²) < 4.78 is 20.8. The molecule has 0 fully saturated rings. The lowest BCUT2D eigenvalue weighted by molar-refractivity contribution is 0.0597. The predicted octanol–water partition coefficient (Wildman–Crippen LogP) is 3.08. The molecule has 0 bridgehead atoms. The third kappa shape index (κ3) is 5.91. The van der Waals surface area contributed by atoms with E-state index in [1.54, 1.807) is 12.1 Å². The van der Waals surface area contributed by atoms with Crippen molar-refractivity contribution < 1.29 is 23.7 Å². The minimum atomic E-state index is -0.444. The van der Waals surface area contributed by atoms with Gasteiger partial charge in [0.1, 0.15) is 11.3 Å². The summed E-state index contributed by atoms with van der Waals surface area (Å²) in [5, 5.41) is 6.51. The molecule has 0 aliphatic carbocycles. The summed E-state index contributed by atoms with van der Waals surface area (Å²) in [7, 11) is 2.86. The Kier molecular flexibility index (Phi) is 9.03. The van der Waals surface area contributed by atoms with Crippen LogP contribution in [0, 0.1) is 0 Å². The molecule has 2 aromatic rings. The summed E-state index contributed by atoms with van der Waals surface area (Å²) in [6.45, 7) is 3.96. The van der Waals surface area contributed by atoms with Gasteiger partial charge >= 0.3 is 5.97 Å². The first-order valence-electron chi connectivity index (χ1n) is 9.30. The first-order chi connectivity index (χ1) is 14.1. The highest BCUT2D eigenvalue weighted by Crippen LogP contribution is 2.32. The summed E-state index contributed by atoms with van der Waals surface area (Å²) in [6.07, 6.45) is 0. The smallest absolute Gasteiger partial charge is 0.341 e. The average Bonchev–Trinajstić information content (AvgIpc) is 3.22. The van der Waals surface area contributed by atoms with E-state index in [0.717, 1.165) is 29.2 Å². The molecule has 1 aliphatic rings. The zero-order valence-corrected chi connectivity index (χ0v) is 19.5. The molecule has 2 aromatic carbocycles. The van der Waals surface area contributed by atoms with E-state index in [9.17, 15) is 4.79 Å². The lowest BCUT2D eigenvalue weighted by Gasteiger charge is -2.12. The van der Waals surface area contributed by atoms with Gasteiger partial charge in [-0.2, -0.15) is 0 Å². The van der Waals surface area contributed by atoms with Gasteiger partial charge in [-0.3, -0.25) is 0 Å². The van der Waals surface area contributed by atoms with Gasteiger partial charge in [-0.05, 0) is 42.3 Å². The molecule has 1 heterocycles. The summed E-state index contributed by atoms with van der Waals surface area (Å²) in [5.41, 5.74) is 2.30. The van der Waals surface area contributed by atoms with E-state index in [2.05, 4.69) is 15.6 Å². The predicted molar refractivity (Wildman–Crippen MR) is 124 cm³/mol. The van der Waals surface area contributed by atoms with Crippen LogP contribution in [0.3, 0.4) is 0 Å². The second-order valence-electron chi connectivity index (χ2n) is 6.26. The summed E-state index contributed by atoms with van der Waals surface area (Å²) in [4.78, 5) is 16.5. The number of ether oxygens (including phenoxy) is 4. The zero-order chi connectivity index (χ0) is 20.6. The lowest BCUT2D eigenvalue weighted by atomic mass is 10.1. The molecule has 8 nitrogen and oxygen atoms in total. The minimum absolute atomic E-state index is 0. The van der Waals surface area contributed by atoms with E-state index in [1.807, 2.05) is 31.2 Å². The van der Waals surface area contributed by atoms with Crippen LogP contribution in [0.15, 0.2) is 41.4 Å². The molecular formula is C21H26IN3O5. The van der Waals surface area contributed by atoms with Crippen molar-refractivity contribution in [1.82, 2.24) is 10.6 Å². The fourth-order valence-electron chi connectivity index (χ4n) is 2.87. The van der Waals surface area contributed by atoms with E-state index < -0.39 is 5.97 Å². The van der Waals surface area contributed by atoms with Gasteiger partial charge < -0.3 is 29.6 Å². The zero-order valence-electron chi connectivity index (χ0n) is 17.2. The van der Waals surface area contributed by atoms with Crippen LogP contribution in [-0.2, 0) is 17.8 Å². The highest BCUT2D eigenvalue weighted by atomic mass is 127. The Hall–Kier alpha value is -2.69. The Labute approximate surface area is 193 Å². The van der Waals surface area contributed by atoms with Gasteiger partial charge in [0.05, 0.1) is 20.8 Å². The quantitative estimate of drug-likeness (QED) is 0.248. The molecule has 0 saturated carbocycles. The molecule has 9 heteroatoms. The van der Waals surface area contributed by atoms with Crippen LogP contribution in [0.25, 0.3) is 0 Å². The third-order valence-electron chi connectivity index (χ3n) is 4.33. The molecule has 0 unspecified atom stereocenters. The first-order valence-corrected chi connectivity index (χ1v) is 9.30. The fraction of sp³-hybridized carbons (Fsp3) is 0.333. The van der Waals surface area contributed by atoms with Crippen LogP contribution in [0.1, 0.15) is 28.4 Å². The van der Waals surface area contributed by atoms with Crippen molar-refractivity contribution in [3.8, 4) is 17.2 Å². The van der Waals surface area contributed by atoms with E-state index in [4.69, 9.17) is 18.9 Å². The van der Waals surface area contributed by atoms with Crippen molar-refractivity contribution in [2.24, 2.45) is 4.99 Å². The Morgan fingerprint density at radius 1 is 1.07 bits per heavy atom. The van der Waals surface area contributed by atoms with Crippen LogP contribution < -0.4 is 24.8 Å². The number of esters is 1. The van der Waals surface area contributed by atoms with Gasteiger partial charge in [0, 0.05) is 13.1 Å². The minimum Gasteiger partial charge on any atom is -0.496 e. The van der Waals surface area contributed by atoms with Gasteiger partial charge in [0.15, 0.2) is 17.5 Å². The van der Waals surface area contributed by atoms with Crippen molar-refractivity contribution >= 4 is 35.9 Å². The second kappa shape index (κ2) is 11.5. The summed E-state index contributed by atoms with van der Waals surface area (Å²) in [6, 6.07) is 11.2. The number of halogens is 1. The standard InChI is InChI=1S/C21H25N3O5.HI/c1-4-22-21(24-12-15-6-8-18-19(10-15)29-13-28-18)23-11-14-5-7-17(26-2)16(9-14)20(25)27-3;/h5-10H,4,11-13H2,1-3H3,(H2,22,23,24);1H. The van der Waals surface area contributed by atoms with E-state index in [0.29, 0.717) is 30.4 Å². The summed E-state index contributed by atoms with van der Waals surface area (Å²) in [5.74, 6) is 2.20. The molecular weight excluding hydrogens is 501 g/mol. The third-order valence-corrected chi connectivity index (χ3v) is 4.33. The largest absolute Gasteiger partial charge is 0.496 e. The average molecular weight is 527 g/mol. The maximum Gasteiger partial charge on any atom is 0.341 e. The van der Waals surface area contributed by atoms with E-state index >= 15 is 0 Å². The first kappa shape index (κ1) is 23.6. The van der Waals surface area contributed by atoms with Gasteiger partial charge in [0.25, 0.3) is 0 Å². The number of rotatable bonds is 7. The Morgan fingerprint density at radius 3 is 2.57 bits per heavy atom. The number of benzene rings is 2. The van der Waals surface area contributed by atoms with Gasteiger partial charge in [-0.15, -0.1) is 24.0 Å². The number of nitrogens with zero attached hydrogens (tertiary/aromatic N) is 1. The number of carbonyl (C=O) groups is 1. The monoisotopic (exact) mass is 527 g/mol. The Morgan fingerprint density at radius 2 is 1.83 bits per heavy atom. The number of guanidine groups is 1. The van der Waals surface area contributed by atoms with Crippen molar-refractivity contribution in [3.05, 3.63) is 53.1 Å². The van der Waals surface area contributed by atoms with Crippen molar-refractivity contribution in [2.75, 3.05) is 27.6 Å². The summed E-state index contributed by atoms with van der Waals surface area (Å²) >= 11 is 0. The molecule has 0 radical (unpaired) electrons. The maximum absolute atomic E-state index is 11.9. The Bertz CT molecular complexity index is 904. The van der Waals surface area contributed by atoms with Gasteiger partial charge in [0.2, 0.25) is 6.79 Å². The fourth-order valence-corrected chi connectivity index (χ4v) is 2.87. The van der Waals surface area contributed by atoms with Crippen LogP contribution >= 0.6 is 24.0 Å². The molecule has 30 heavy (non-hydrogen) atoms. The van der Waals surface area contributed by atoms with Crippen LogP contribution in [0.4, 0.5) is 0 Å². The SMILES string of the molecule is CCNC(=NCc1ccc(OC)c(C(=O)OC)c1)NCc1ccc2c(c1)OCO2.I. The molecule has 0 spiro atoms. The molecule has 162 valence electrons. The van der Waals surface area contributed by atoms with Crippen LogP contribution in [0.2, 0.25) is 0 Å². The number of fused-ring (bicyclic) bond motifs is 1. The van der Waals surface area contributed by atoms with Gasteiger partial charge in [-0.25, -0.2) is 9.79 Å². The molecule has 2 N–H and O–H groups in total. The number of hydrogen-bond donors (Lipinski definition) is 2. The second-order valence-corrected chi connectivity index (χ2v) is 6.26. The molecule has 0 aromatic heterocycles. The highest BCUT2D eigenvalue weighted by Gasteiger charge is 2.14. The number of nitrogens with one attached hydrogen (secondary N) is 2. The molecule has 3 rings (SSSR count). The Balaban J connectivity index is 0.00000320. The topological polar surface area (TPSA) is 90.4 Å². The van der Waals surface area contributed by atoms with E-state index in [-0.39, 0.29) is 30.8 Å². The van der Waals surface area contributed by atoms with Gasteiger partial charge in [-0.1, -0.05) is 12.1 Å². The number of hydrogen-bond acceptors (Lipinski definition) is 6. The van der Waals surface area contributed by atoms with Crippen molar-refractivity contribution in [3.63, 3.8) is 0 Å². The molecule has 1 aliphatic heterocycles. The van der Waals surface area contributed by atoms with Crippen molar-refractivity contribution in [2.45, 2.75) is 20.0 Å². The number of carbonyl (C=O) groups excluding carboxylic acids is 1. The molecule has 0 saturated heterocycles. The van der Waals surface area contributed by atoms with Crippen LogP contribution in [-0.4, -0.2) is 39.5 Å². The number of aliphatic imine (C=N–C) groups is 1. The molecule has 0 amide bonds. The maximum atomic E-state index is 11.9. The van der Waals surface area contributed by atoms with Crippen molar-refractivity contribution in [1.29, 1.82) is 0 Å². The normalized spacial score (nSPS) is 12.0. The van der Waals surface area contributed by atoms with Crippen LogP contribution in [0.5, 0.6) is 17.2 Å². The number of methoxy groups -OCH3 is 2. The highest BCUT2D eigenvalue weighted by molar-refractivity contribution is 14.0. The van der Waals surface area contributed by atoms with E-state index in [1.165, 1.54) is 14.2 Å².